The van der Waals surface area contributed by atoms with E-state index in [-0.39, 0.29) is 78.1 Å². The highest BCUT2D eigenvalue weighted by molar-refractivity contribution is 6.32. The molecule has 4 aromatic rings. The van der Waals surface area contributed by atoms with E-state index in [1.54, 1.807) is 24.4 Å². The lowest BCUT2D eigenvalue weighted by Gasteiger charge is -2.27. The molecule has 2 aromatic carbocycles. The maximum Gasteiger partial charge on any atom is 0.264 e. The van der Waals surface area contributed by atoms with E-state index in [1.165, 1.54) is 35.2 Å². The highest BCUT2D eigenvalue weighted by Crippen LogP contribution is 2.39. The van der Waals surface area contributed by atoms with E-state index >= 15 is 0 Å². The first kappa shape index (κ1) is 36.7. The van der Waals surface area contributed by atoms with Gasteiger partial charge in [0.2, 0.25) is 17.7 Å². The fourth-order valence-electron chi connectivity index (χ4n) is 6.79. The summed E-state index contributed by atoms with van der Waals surface area (Å²) in [6.07, 6.45) is -3.68. The number of carbonyl (C=O) groups excluding carboxylic acids is 5. The largest absolute Gasteiger partial charge is 0.490 e. The number of nitrogens with one attached hydrogen (secondary N) is 3. The number of aromatic nitrogens is 3. The summed E-state index contributed by atoms with van der Waals surface area (Å²) in [7, 11) is 0. The Kier molecular flexibility index (Phi) is 10.2. The zero-order chi connectivity index (χ0) is 38.3. The number of nitrogen functional groups attached to an aromatic ring is 1. The number of imide groups is 2. The molecule has 8 N–H and O–H groups in total. The molecule has 7 rings (SSSR count). The number of fused-ring (bicyclic) bond motifs is 2. The molecule has 0 saturated carbocycles. The molecule has 0 aliphatic carbocycles. The van der Waals surface area contributed by atoms with Crippen molar-refractivity contribution in [2.75, 3.05) is 30.7 Å². The number of ether oxygens (including phenoxy) is 2. The van der Waals surface area contributed by atoms with E-state index in [4.69, 9.17) is 26.8 Å². The average molecular weight is 763 g/mol. The maximum absolute atomic E-state index is 13.3. The Morgan fingerprint density at radius 2 is 1.91 bits per heavy atom. The van der Waals surface area contributed by atoms with Crippen molar-refractivity contribution in [3.8, 4) is 5.75 Å². The van der Waals surface area contributed by atoms with Crippen molar-refractivity contribution in [1.82, 2.24) is 30.1 Å². The minimum atomic E-state index is -1.47. The number of hydrogen-bond donors (Lipinski definition) is 7. The Bertz CT molecular complexity index is 2160. The topological polar surface area (TPSA) is 261 Å². The summed E-state index contributed by atoms with van der Waals surface area (Å²) in [6.45, 7) is 0.210. The molecule has 2 aromatic heterocycles. The quantitative estimate of drug-likeness (QED) is 0.0763. The van der Waals surface area contributed by atoms with Gasteiger partial charge in [-0.15, -0.1) is 0 Å². The van der Waals surface area contributed by atoms with Crippen LogP contribution < -0.4 is 26.4 Å². The van der Waals surface area contributed by atoms with Gasteiger partial charge in [-0.25, -0.2) is 9.97 Å². The minimum absolute atomic E-state index is 0.000790. The van der Waals surface area contributed by atoms with Gasteiger partial charge >= 0.3 is 0 Å². The molecule has 2 saturated heterocycles. The van der Waals surface area contributed by atoms with Gasteiger partial charge in [0.05, 0.1) is 28.1 Å². The Balaban J connectivity index is 0.898. The second-order valence-corrected chi connectivity index (χ2v) is 13.3. The third-order valence-electron chi connectivity index (χ3n) is 9.51. The molecule has 0 radical (unpaired) electrons. The van der Waals surface area contributed by atoms with Crippen LogP contribution in [0.15, 0.2) is 55.0 Å². The summed E-state index contributed by atoms with van der Waals surface area (Å²) < 4.78 is 13.2. The number of carbonyl (C=O) groups is 5. The van der Waals surface area contributed by atoms with Crippen LogP contribution in [0, 0.1) is 0 Å². The lowest BCUT2D eigenvalue weighted by atomic mass is 9.99. The van der Waals surface area contributed by atoms with Crippen LogP contribution in [-0.4, -0.2) is 108 Å². The number of piperidine rings is 1. The molecular weight excluding hydrogens is 728 g/mol. The molecule has 5 amide bonds. The third-order valence-corrected chi connectivity index (χ3v) is 9.83. The molecule has 54 heavy (non-hydrogen) atoms. The van der Waals surface area contributed by atoms with E-state index in [0.29, 0.717) is 16.7 Å². The third kappa shape index (κ3) is 6.80. The molecule has 282 valence electrons. The van der Waals surface area contributed by atoms with Crippen LogP contribution in [0.3, 0.4) is 0 Å². The molecule has 3 aliphatic heterocycles. The number of nitrogens with zero attached hydrogens (tertiary/aromatic N) is 4. The summed E-state index contributed by atoms with van der Waals surface area (Å²) in [5, 5.41) is 41.5. The Morgan fingerprint density at radius 1 is 1.09 bits per heavy atom. The number of anilines is 2. The molecule has 0 spiro atoms. The second kappa shape index (κ2) is 15.0. The molecule has 6 atom stereocenters. The first-order valence-electron chi connectivity index (χ1n) is 17.0. The SMILES string of the molecule is Nc1ncnc2c1ccn2[C@@H]1O[C@H]([C@H](O)c2ccc(Cl)c(OCCNC(=O)CCNc3cccc4c3C(=O)N(C3CCC(=O)NC3=O)C4=O)c2)[C@@H](O)[C@H]1O. The smallest absolute Gasteiger partial charge is 0.264 e. The number of aliphatic hydroxyl groups is 3. The van der Waals surface area contributed by atoms with Crippen molar-refractivity contribution in [3.05, 3.63) is 76.7 Å². The lowest BCUT2D eigenvalue weighted by molar-refractivity contribution is -0.136. The first-order valence-corrected chi connectivity index (χ1v) is 17.4. The van der Waals surface area contributed by atoms with Gasteiger partial charge in [0, 0.05) is 31.3 Å². The van der Waals surface area contributed by atoms with Crippen LogP contribution in [0.2, 0.25) is 5.02 Å². The summed E-state index contributed by atoms with van der Waals surface area (Å²) in [5.41, 5.74) is 7.12. The van der Waals surface area contributed by atoms with Crippen LogP contribution in [0.25, 0.3) is 11.0 Å². The van der Waals surface area contributed by atoms with E-state index in [9.17, 15) is 39.3 Å². The van der Waals surface area contributed by atoms with E-state index in [2.05, 4.69) is 25.9 Å². The summed E-state index contributed by atoms with van der Waals surface area (Å²) >= 11 is 6.34. The molecule has 19 heteroatoms. The number of benzene rings is 2. The van der Waals surface area contributed by atoms with Crippen LogP contribution in [0.4, 0.5) is 11.5 Å². The Hall–Kier alpha value is -5.66. The van der Waals surface area contributed by atoms with Crippen molar-refractivity contribution >= 4 is 63.7 Å². The van der Waals surface area contributed by atoms with Crippen LogP contribution in [0.5, 0.6) is 5.75 Å². The fourth-order valence-corrected chi connectivity index (χ4v) is 6.96. The van der Waals surface area contributed by atoms with Crippen molar-refractivity contribution < 1.29 is 48.8 Å². The lowest BCUT2D eigenvalue weighted by Crippen LogP contribution is -2.54. The van der Waals surface area contributed by atoms with E-state index in [1.807, 2.05) is 0 Å². The van der Waals surface area contributed by atoms with Crippen LogP contribution >= 0.6 is 11.6 Å². The zero-order valence-corrected chi connectivity index (χ0v) is 29.1. The van der Waals surface area contributed by atoms with Crippen molar-refractivity contribution in [3.63, 3.8) is 0 Å². The summed E-state index contributed by atoms with van der Waals surface area (Å²) in [5.74, 6) is -2.37. The van der Waals surface area contributed by atoms with Gasteiger partial charge in [-0.2, -0.15) is 0 Å². The fraction of sp³-hybridized carbons (Fsp3) is 0.343. The molecule has 18 nitrogen and oxygen atoms in total. The predicted molar refractivity (Wildman–Crippen MR) is 189 cm³/mol. The van der Waals surface area contributed by atoms with Gasteiger partial charge < -0.3 is 45.7 Å². The van der Waals surface area contributed by atoms with Crippen LogP contribution in [-0.2, 0) is 19.1 Å². The highest BCUT2D eigenvalue weighted by atomic mass is 35.5. The maximum atomic E-state index is 13.3. The molecule has 2 fully saturated rings. The van der Waals surface area contributed by atoms with Crippen molar-refractivity contribution in [1.29, 1.82) is 0 Å². The molecule has 3 aliphatic rings. The molecule has 0 bridgehead atoms. The summed E-state index contributed by atoms with van der Waals surface area (Å²) in [6, 6.07) is 9.71. The minimum Gasteiger partial charge on any atom is -0.490 e. The predicted octanol–water partition coefficient (Wildman–Crippen LogP) is 0.418. The first-order chi connectivity index (χ1) is 25.9. The number of rotatable bonds is 12. The van der Waals surface area contributed by atoms with E-state index in [0.717, 1.165) is 4.90 Å². The number of amides is 5. The van der Waals surface area contributed by atoms with Gasteiger partial charge in [0.1, 0.15) is 60.6 Å². The Labute approximate surface area is 311 Å². The van der Waals surface area contributed by atoms with Gasteiger partial charge in [-0.3, -0.25) is 34.2 Å². The number of hydrogen-bond acceptors (Lipinski definition) is 14. The average Bonchev–Trinajstić information content (AvgIpc) is 3.79. The van der Waals surface area contributed by atoms with Gasteiger partial charge in [0.25, 0.3) is 11.8 Å². The highest BCUT2D eigenvalue weighted by Gasteiger charge is 2.48. The second-order valence-electron chi connectivity index (χ2n) is 12.9. The van der Waals surface area contributed by atoms with E-state index < -0.39 is 60.3 Å². The standard InChI is InChI=1S/C35H35ClN8O10/c36-19-5-4-16(26(47)29-27(48)28(49)35(54-29)43-12-9-18-30(37)40-15-41-31(18)43)14-22(19)53-13-11-39-23(45)8-10-38-20-3-1-2-17-25(20)34(52)44(33(17)51)21-6-7-24(46)42-32(21)50/h1-5,9,12,14-15,21,26-29,35,38,47-49H,6-8,10-11,13H2,(H,39,45)(H2,37,40,41)(H,42,46,50)/t21?,26-,27+,28-,29-,35-/m1/s1. The normalized spacial score (nSPS) is 23.0. The number of halogens is 1. The molecule has 1 unspecified atom stereocenters. The molecular formula is C35H35ClN8O10. The zero-order valence-electron chi connectivity index (χ0n) is 28.3. The van der Waals surface area contributed by atoms with Gasteiger partial charge in [0.15, 0.2) is 6.23 Å². The Morgan fingerprint density at radius 3 is 2.70 bits per heavy atom. The number of aliphatic hydroxyl groups excluding tert-OH is 3. The van der Waals surface area contributed by atoms with Gasteiger partial charge in [-0.1, -0.05) is 23.7 Å². The number of nitrogens with two attached hydrogens (primary N) is 1. The van der Waals surface area contributed by atoms with Crippen molar-refractivity contribution in [2.45, 2.75) is 55.9 Å². The molecule has 5 heterocycles. The van der Waals surface area contributed by atoms with Crippen LogP contribution in [0.1, 0.15) is 57.9 Å². The van der Waals surface area contributed by atoms with Gasteiger partial charge in [-0.05, 0) is 42.3 Å². The van der Waals surface area contributed by atoms with Crippen molar-refractivity contribution in [2.24, 2.45) is 0 Å². The summed E-state index contributed by atoms with van der Waals surface area (Å²) in [4.78, 5) is 71.9. The monoisotopic (exact) mass is 762 g/mol.